The summed E-state index contributed by atoms with van der Waals surface area (Å²) in [5.41, 5.74) is 0.984. The summed E-state index contributed by atoms with van der Waals surface area (Å²) in [7, 11) is -2.59. The van der Waals surface area contributed by atoms with Crippen molar-refractivity contribution < 1.29 is 23.1 Å². The fourth-order valence-electron chi connectivity index (χ4n) is 2.13. The molecule has 130 valence electrons. The van der Waals surface area contributed by atoms with Crippen LogP contribution < -0.4 is 14.6 Å². The van der Waals surface area contributed by atoms with E-state index in [1.807, 2.05) is 6.07 Å². The number of aliphatic carboxylic acids is 1. The lowest BCUT2D eigenvalue weighted by atomic mass is 10.1. The van der Waals surface area contributed by atoms with Gasteiger partial charge in [-0.2, -0.15) is 5.26 Å². The molecule has 0 heterocycles. The van der Waals surface area contributed by atoms with Crippen LogP contribution in [-0.2, 0) is 21.2 Å². The summed E-state index contributed by atoms with van der Waals surface area (Å²) in [4.78, 5) is 11.2. The lowest BCUT2D eigenvalue weighted by molar-refractivity contribution is -0.307. The first-order valence-electron chi connectivity index (χ1n) is 7.22. The SMILES string of the molecule is COc1ccc(S(=O)(=O)N[C@H](Cc2ccc(C#N)cc2)C(=O)[O-])cc1. The van der Waals surface area contributed by atoms with Gasteiger partial charge >= 0.3 is 0 Å². The zero-order chi connectivity index (χ0) is 18.4. The maximum Gasteiger partial charge on any atom is 0.241 e. The molecular formula is C17H15N2O5S-. The topological polar surface area (TPSA) is 119 Å². The average Bonchev–Trinajstić information content (AvgIpc) is 2.61. The summed E-state index contributed by atoms with van der Waals surface area (Å²) in [6, 6.07) is 12.2. The Morgan fingerprint density at radius 1 is 1.20 bits per heavy atom. The van der Waals surface area contributed by atoms with E-state index in [9.17, 15) is 18.3 Å². The second-order valence-electron chi connectivity index (χ2n) is 5.18. The molecule has 0 aliphatic rings. The van der Waals surface area contributed by atoms with Gasteiger partial charge in [0.15, 0.2) is 0 Å². The maximum absolute atomic E-state index is 12.4. The third-order valence-corrected chi connectivity index (χ3v) is 4.96. The highest BCUT2D eigenvalue weighted by Gasteiger charge is 2.21. The van der Waals surface area contributed by atoms with Crippen LogP contribution in [0.2, 0.25) is 0 Å². The van der Waals surface area contributed by atoms with Gasteiger partial charge in [0.05, 0.1) is 35.6 Å². The number of carboxylic acid groups (broad SMARTS) is 1. The summed E-state index contributed by atoms with van der Waals surface area (Å²) >= 11 is 0. The van der Waals surface area contributed by atoms with E-state index < -0.39 is 22.0 Å². The molecule has 0 fully saturated rings. The quantitative estimate of drug-likeness (QED) is 0.754. The lowest BCUT2D eigenvalue weighted by Gasteiger charge is -2.20. The van der Waals surface area contributed by atoms with E-state index in [0.29, 0.717) is 16.9 Å². The Balaban J connectivity index is 2.19. The van der Waals surface area contributed by atoms with Gasteiger partial charge in [-0.1, -0.05) is 12.1 Å². The Labute approximate surface area is 145 Å². The normalized spacial score (nSPS) is 12.2. The summed E-state index contributed by atoms with van der Waals surface area (Å²) in [6.45, 7) is 0. The second kappa shape index (κ2) is 7.79. The average molecular weight is 359 g/mol. The molecule has 0 spiro atoms. The molecule has 0 aromatic heterocycles. The van der Waals surface area contributed by atoms with Gasteiger partial charge in [-0.15, -0.1) is 0 Å². The largest absolute Gasteiger partial charge is 0.548 e. The molecule has 0 aliphatic carbocycles. The highest BCUT2D eigenvalue weighted by atomic mass is 32.2. The molecule has 7 nitrogen and oxygen atoms in total. The van der Waals surface area contributed by atoms with Gasteiger partial charge in [0.1, 0.15) is 5.75 Å². The fourth-order valence-corrected chi connectivity index (χ4v) is 3.32. The van der Waals surface area contributed by atoms with Crippen LogP contribution in [0.4, 0.5) is 0 Å². The predicted molar refractivity (Wildman–Crippen MR) is 87.0 cm³/mol. The lowest BCUT2D eigenvalue weighted by Crippen LogP contribution is -2.49. The zero-order valence-electron chi connectivity index (χ0n) is 13.3. The number of hydrogen-bond donors (Lipinski definition) is 1. The van der Waals surface area contributed by atoms with Gasteiger partial charge < -0.3 is 14.6 Å². The molecule has 8 heteroatoms. The monoisotopic (exact) mass is 359 g/mol. The van der Waals surface area contributed by atoms with Crippen molar-refractivity contribution in [2.45, 2.75) is 17.4 Å². The van der Waals surface area contributed by atoms with E-state index in [-0.39, 0.29) is 11.3 Å². The molecule has 0 aliphatic heterocycles. The van der Waals surface area contributed by atoms with Gasteiger partial charge in [0.25, 0.3) is 0 Å². The predicted octanol–water partition coefficient (Wildman–Crippen LogP) is 0.206. The molecule has 25 heavy (non-hydrogen) atoms. The Kier molecular flexibility index (Phi) is 5.75. The molecule has 1 N–H and O–H groups in total. The van der Waals surface area contributed by atoms with Crippen LogP contribution in [0.15, 0.2) is 53.4 Å². The summed E-state index contributed by atoms with van der Waals surface area (Å²) in [5, 5.41) is 20.1. The third kappa shape index (κ3) is 4.79. The van der Waals surface area contributed by atoms with Crippen LogP contribution >= 0.6 is 0 Å². The van der Waals surface area contributed by atoms with Crippen molar-refractivity contribution in [3.8, 4) is 11.8 Å². The minimum atomic E-state index is -4.04. The molecule has 2 rings (SSSR count). The van der Waals surface area contributed by atoms with E-state index in [1.165, 1.54) is 43.5 Å². The molecule has 0 amide bonds. The molecule has 0 saturated heterocycles. The van der Waals surface area contributed by atoms with Crippen molar-refractivity contribution in [3.63, 3.8) is 0 Å². The Morgan fingerprint density at radius 3 is 2.28 bits per heavy atom. The molecule has 2 aromatic rings. The first kappa shape index (κ1) is 18.4. The number of carboxylic acids is 1. The third-order valence-electron chi connectivity index (χ3n) is 3.47. The number of carbonyl (C=O) groups excluding carboxylic acids is 1. The van der Waals surface area contributed by atoms with E-state index in [1.54, 1.807) is 12.1 Å². The number of sulfonamides is 1. The van der Waals surface area contributed by atoms with Crippen LogP contribution in [0, 0.1) is 11.3 Å². The van der Waals surface area contributed by atoms with Crippen molar-refractivity contribution in [3.05, 3.63) is 59.7 Å². The number of rotatable bonds is 7. The van der Waals surface area contributed by atoms with Crippen LogP contribution in [0.25, 0.3) is 0 Å². The minimum Gasteiger partial charge on any atom is -0.548 e. The van der Waals surface area contributed by atoms with E-state index in [0.717, 1.165) is 0 Å². The molecule has 0 radical (unpaired) electrons. The second-order valence-corrected chi connectivity index (χ2v) is 6.90. The molecule has 0 bridgehead atoms. The van der Waals surface area contributed by atoms with Crippen molar-refractivity contribution in [1.29, 1.82) is 5.26 Å². The smallest absolute Gasteiger partial charge is 0.241 e. The number of carbonyl (C=O) groups is 1. The molecule has 0 saturated carbocycles. The maximum atomic E-state index is 12.4. The number of ether oxygens (including phenoxy) is 1. The number of methoxy groups -OCH3 is 1. The van der Waals surface area contributed by atoms with E-state index in [2.05, 4.69) is 4.72 Å². The fraction of sp³-hybridized carbons (Fsp3) is 0.176. The first-order valence-corrected chi connectivity index (χ1v) is 8.70. The highest BCUT2D eigenvalue weighted by Crippen LogP contribution is 2.16. The van der Waals surface area contributed by atoms with Crippen molar-refractivity contribution >= 4 is 16.0 Å². The van der Waals surface area contributed by atoms with Crippen LogP contribution in [0.1, 0.15) is 11.1 Å². The molecular weight excluding hydrogens is 344 g/mol. The zero-order valence-corrected chi connectivity index (χ0v) is 14.1. The number of benzene rings is 2. The van der Waals surface area contributed by atoms with Crippen molar-refractivity contribution in [1.82, 2.24) is 4.72 Å². The Morgan fingerprint density at radius 2 is 1.80 bits per heavy atom. The van der Waals surface area contributed by atoms with Crippen LogP contribution in [-0.4, -0.2) is 27.5 Å². The van der Waals surface area contributed by atoms with E-state index >= 15 is 0 Å². The van der Waals surface area contributed by atoms with Crippen molar-refractivity contribution in [2.24, 2.45) is 0 Å². The summed E-state index contributed by atoms with van der Waals surface area (Å²) in [5.74, 6) is -1.06. The first-order chi connectivity index (χ1) is 11.9. The standard InChI is InChI=1S/C17H16N2O5S/c1-24-14-6-8-15(9-7-14)25(22,23)19-16(17(20)21)10-12-2-4-13(11-18)5-3-12/h2-9,16,19H,10H2,1H3,(H,20,21)/p-1/t16-/m1/s1. The van der Waals surface area contributed by atoms with Gasteiger partial charge in [-0.05, 0) is 48.4 Å². The van der Waals surface area contributed by atoms with Gasteiger partial charge in [-0.3, -0.25) is 0 Å². The number of hydrogen-bond acceptors (Lipinski definition) is 6. The van der Waals surface area contributed by atoms with Gasteiger partial charge in [0.2, 0.25) is 10.0 Å². The number of nitrogens with one attached hydrogen (secondary N) is 1. The van der Waals surface area contributed by atoms with Crippen LogP contribution in [0.3, 0.4) is 0 Å². The van der Waals surface area contributed by atoms with E-state index in [4.69, 9.17) is 10.00 Å². The van der Waals surface area contributed by atoms with Crippen molar-refractivity contribution in [2.75, 3.05) is 7.11 Å². The minimum absolute atomic E-state index is 0.0839. The number of nitrogens with zero attached hydrogens (tertiary/aromatic N) is 1. The Bertz CT molecular complexity index is 884. The summed E-state index contributed by atoms with van der Waals surface area (Å²) in [6.07, 6.45) is -0.108. The van der Waals surface area contributed by atoms with Gasteiger partial charge in [0, 0.05) is 0 Å². The number of nitriles is 1. The molecule has 0 unspecified atom stereocenters. The van der Waals surface area contributed by atoms with Crippen LogP contribution in [0.5, 0.6) is 5.75 Å². The Hall–Kier alpha value is -2.89. The summed E-state index contributed by atoms with van der Waals surface area (Å²) < 4.78 is 31.8. The van der Waals surface area contributed by atoms with Gasteiger partial charge in [-0.25, -0.2) is 13.1 Å². The molecule has 2 aromatic carbocycles. The highest BCUT2D eigenvalue weighted by molar-refractivity contribution is 7.89. The molecule has 1 atom stereocenters.